The van der Waals surface area contributed by atoms with Crippen molar-refractivity contribution < 1.29 is 9.53 Å². The van der Waals surface area contributed by atoms with Gasteiger partial charge in [-0.15, -0.1) is 0 Å². The van der Waals surface area contributed by atoms with Crippen molar-refractivity contribution in [2.45, 2.75) is 6.92 Å². The van der Waals surface area contributed by atoms with E-state index in [0.717, 1.165) is 17.0 Å². The number of carbonyl (C=O) groups excluding carboxylic acids is 1. The number of ether oxygens (including phenoxy) is 1. The molecule has 0 aliphatic heterocycles. The summed E-state index contributed by atoms with van der Waals surface area (Å²) in [4.78, 5) is 11.8. The van der Waals surface area contributed by atoms with Crippen LogP contribution in [0.4, 0.5) is 10.5 Å². The highest BCUT2D eigenvalue weighted by atomic mass is 35.5. The van der Waals surface area contributed by atoms with E-state index < -0.39 is 0 Å². The molecule has 5 heteroatoms. The molecule has 0 saturated heterocycles. The molecule has 4 nitrogen and oxygen atoms in total. The number of hydrogen-bond acceptors (Lipinski definition) is 2. The Morgan fingerprint density at radius 1 is 1.19 bits per heavy atom. The van der Waals surface area contributed by atoms with E-state index in [4.69, 9.17) is 16.3 Å². The second-order valence-electron chi connectivity index (χ2n) is 4.50. The van der Waals surface area contributed by atoms with E-state index in [1.165, 1.54) is 0 Å². The largest absolute Gasteiger partial charge is 0.492 e. The maximum absolute atomic E-state index is 11.8. The molecular formula is C16H17ClN2O2. The van der Waals surface area contributed by atoms with E-state index in [9.17, 15) is 4.79 Å². The van der Waals surface area contributed by atoms with E-state index in [2.05, 4.69) is 10.6 Å². The summed E-state index contributed by atoms with van der Waals surface area (Å²) < 4.78 is 5.49. The molecule has 0 saturated carbocycles. The van der Waals surface area contributed by atoms with Crippen LogP contribution >= 0.6 is 11.6 Å². The molecule has 0 aromatic heterocycles. The molecular weight excluding hydrogens is 288 g/mol. The quantitative estimate of drug-likeness (QED) is 0.824. The molecule has 2 amide bonds. The number of halogens is 1. The number of carbonyl (C=O) groups is 1. The fraction of sp³-hybridized carbons (Fsp3) is 0.188. The lowest BCUT2D eigenvalue weighted by molar-refractivity contribution is 0.247. The van der Waals surface area contributed by atoms with Crippen molar-refractivity contribution in [3.8, 4) is 5.75 Å². The zero-order valence-electron chi connectivity index (χ0n) is 11.7. The fourth-order valence-electron chi connectivity index (χ4n) is 1.78. The molecule has 2 aromatic rings. The monoisotopic (exact) mass is 304 g/mol. The van der Waals surface area contributed by atoms with Crippen LogP contribution in [-0.4, -0.2) is 19.2 Å². The SMILES string of the molecule is Cc1cc(Cl)ccc1NC(=O)NCCOc1ccccc1. The van der Waals surface area contributed by atoms with Gasteiger partial charge in [0.15, 0.2) is 0 Å². The highest BCUT2D eigenvalue weighted by Crippen LogP contribution is 2.19. The second-order valence-corrected chi connectivity index (χ2v) is 4.94. The van der Waals surface area contributed by atoms with Crippen molar-refractivity contribution in [2.75, 3.05) is 18.5 Å². The van der Waals surface area contributed by atoms with Gasteiger partial charge in [0.25, 0.3) is 0 Å². The number of benzene rings is 2. The molecule has 0 fully saturated rings. The molecule has 2 rings (SSSR count). The van der Waals surface area contributed by atoms with E-state index in [1.807, 2.05) is 37.3 Å². The van der Waals surface area contributed by atoms with Gasteiger partial charge in [0.2, 0.25) is 0 Å². The van der Waals surface area contributed by atoms with E-state index in [-0.39, 0.29) is 6.03 Å². The zero-order chi connectivity index (χ0) is 15.1. The predicted octanol–water partition coefficient (Wildman–Crippen LogP) is 3.85. The summed E-state index contributed by atoms with van der Waals surface area (Å²) in [6, 6.07) is 14.5. The normalized spacial score (nSPS) is 10.0. The Morgan fingerprint density at radius 2 is 1.95 bits per heavy atom. The third-order valence-electron chi connectivity index (χ3n) is 2.84. The molecule has 2 aromatic carbocycles. The first-order valence-electron chi connectivity index (χ1n) is 6.64. The van der Waals surface area contributed by atoms with Crippen molar-refractivity contribution in [3.05, 3.63) is 59.1 Å². The van der Waals surface area contributed by atoms with Crippen LogP contribution in [-0.2, 0) is 0 Å². The maximum atomic E-state index is 11.8. The summed E-state index contributed by atoms with van der Waals surface area (Å²) in [5, 5.41) is 6.15. The minimum Gasteiger partial charge on any atom is -0.492 e. The van der Waals surface area contributed by atoms with E-state index in [0.29, 0.717) is 18.2 Å². The highest BCUT2D eigenvalue weighted by Gasteiger charge is 2.04. The third kappa shape index (κ3) is 5.00. The number of anilines is 1. The van der Waals surface area contributed by atoms with E-state index in [1.54, 1.807) is 18.2 Å². The number of urea groups is 1. The van der Waals surface area contributed by atoms with Crippen LogP contribution in [0.3, 0.4) is 0 Å². The Labute approximate surface area is 129 Å². The minimum absolute atomic E-state index is 0.267. The van der Waals surface area contributed by atoms with Crippen LogP contribution in [0.5, 0.6) is 5.75 Å². The fourth-order valence-corrected chi connectivity index (χ4v) is 2.01. The molecule has 2 N–H and O–H groups in total. The van der Waals surface area contributed by atoms with Crippen molar-refractivity contribution in [1.29, 1.82) is 0 Å². The topological polar surface area (TPSA) is 50.4 Å². The summed E-state index contributed by atoms with van der Waals surface area (Å²) in [6.07, 6.45) is 0. The standard InChI is InChI=1S/C16H17ClN2O2/c1-12-11-13(17)7-8-15(12)19-16(20)18-9-10-21-14-5-3-2-4-6-14/h2-8,11H,9-10H2,1H3,(H2,18,19,20). The van der Waals surface area contributed by atoms with Gasteiger partial charge in [0, 0.05) is 10.7 Å². The summed E-state index contributed by atoms with van der Waals surface area (Å²) in [5.74, 6) is 0.785. The first kappa shape index (κ1) is 15.2. The summed E-state index contributed by atoms with van der Waals surface area (Å²) in [6.45, 7) is 2.73. The average Bonchev–Trinajstić information content (AvgIpc) is 2.48. The first-order chi connectivity index (χ1) is 10.1. The molecule has 0 aliphatic carbocycles. The lowest BCUT2D eigenvalue weighted by Crippen LogP contribution is -2.32. The van der Waals surface area contributed by atoms with Crippen molar-refractivity contribution in [2.24, 2.45) is 0 Å². The summed E-state index contributed by atoms with van der Waals surface area (Å²) in [7, 11) is 0. The van der Waals surface area contributed by atoms with Crippen LogP contribution in [0.25, 0.3) is 0 Å². The number of nitrogens with one attached hydrogen (secondary N) is 2. The summed E-state index contributed by atoms with van der Waals surface area (Å²) >= 11 is 5.87. The van der Waals surface area contributed by atoms with Gasteiger partial charge < -0.3 is 15.4 Å². The Morgan fingerprint density at radius 3 is 2.67 bits per heavy atom. The lowest BCUT2D eigenvalue weighted by Gasteiger charge is -2.10. The van der Waals surface area contributed by atoms with Gasteiger partial charge in [-0.1, -0.05) is 29.8 Å². The Balaban J connectivity index is 1.72. The average molecular weight is 305 g/mol. The number of rotatable bonds is 5. The van der Waals surface area contributed by atoms with Crippen molar-refractivity contribution in [3.63, 3.8) is 0 Å². The Bertz CT molecular complexity index is 602. The molecule has 0 heterocycles. The molecule has 0 bridgehead atoms. The van der Waals surface area contributed by atoms with E-state index >= 15 is 0 Å². The van der Waals surface area contributed by atoms with Gasteiger partial charge in [-0.2, -0.15) is 0 Å². The van der Waals surface area contributed by atoms with Crippen molar-refractivity contribution in [1.82, 2.24) is 5.32 Å². The molecule has 110 valence electrons. The molecule has 0 aliphatic rings. The highest BCUT2D eigenvalue weighted by molar-refractivity contribution is 6.30. The zero-order valence-corrected chi connectivity index (χ0v) is 12.5. The van der Waals surface area contributed by atoms with Gasteiger partial charge in [0.05, 0.1) is 6.54 Å². The lowest BCUT2D eigenvalue weighted by atomic mass is 10.2. The molecule has 21 heavy (non-hydrogen) atoms. The van der Waals surface area contributed by atoms with Crippen LogP contribution in [0.2, 0.25) is 5.02 Å². The first-order valence-corrected chi connectivity index (χ1v) is 7.02. The third-order valence-corrected chi connectivity index (χ3v) is 3.07. The van der Waals surface area contributed by atoms with Crippen molar-refractivity contribution >= 4 is 23.3 Å². The number of aryl methyl sites for hydroxylation is 1. The Hall–Kier alpha value is -2.20. The minimum atomic E-state index is -0.267. The summed E-state index contributed by atoms with van der Waals surface area (Å²) in [5.41, 5.74) is 1.65. The number of hydrogen-bond donors (Lipinski definition) is 2. The predicted molar refractivity (Wildman–Crippen MR) is 85.1 cm³/mol. The maximum Gasteiger partial charge on any atom is 0.319 e. The smallest absolute Gasteiger partial charge is 0.319 e. The van der Waals surface area contributed by atoms with Gasteiger partial charge in [-0.05, 0) is 42.8 Å². The van der Waals surface area contributed by atoms with Gasteiger partial charge in [0.1, 0.15) is 12.4 Å². The van der Waals surface area contributed by atoms with Gasteiger partial charge in [-0.25, -0.2) is 4.79 Å². The van der Waals surface area contributed by atoms with Crippen LogP contribution in [0, 0.1) is 6.92 Å². The Kier molecular flexibility index (Phi) is 5.46. The van der Waals surface area contributed by atoms with Crippen LogP contribution in [0.1, 0.15) is 5.56 Å². The second kappa shape index (κ2) is 7.55. The molecule has 0 unspecified atom stereocenters. The van der Waals surface area contributed by atoms with Crippen LogP contribution < -0.4 is 15.4 Å². The molecule has 0 radical (unpaired) electrons. The van der Waals surface area contributed by atoms with Crippen LogP contribution in [0.15, 0.2) is 48.5 Å². The van der Waals surface area contributed by atoms with Gasteiger partial charge in [-0.3, -0.25) is 0 Å². The number of para-hydroxylation sites is 1. The van der Waals surface area contributed by atoms with Gasteiger partial charge >= 0.3 is 6.03 Å². The number of amides is 2. The molecule has 0 atom stereocenters. The molecule has 0 spiro atoms.